The van der Waals surface area contributed by atoms with E-state index in [2.05, 4.69) is 29.3 Å². The molecule has 1 fully saturated rings. The maximum atomic E-state index is 12.3. The highest BCUT2D eigenvalue weighted by Gasteiger charge is 2.16. The summed E-state index contributed by atoms with van der Waals surface area (Å²) in [5, 5.41) is 2.94. The molecular weight excluding hydrogens is 314 g/mol. The van der Waals surface area contributed by atoms with Crippen molar-refractivity contribution < 1.29 is 9.53 Å². The zero-order valence-electron chi connectivity index (χ0n) is 14.6. The molecule has 1 atom stereocenters. The van der Waals surface area contributed by atoms with Gasteiger partial charge in [0.1, 0.15) is 0 Å². The molecule has 1 aliphatic rings. The third kappa shape index (κ3) is 4.81. The van der Waals surface area contributed by atoms with Gasteiger partial charge in [-0.05, 0) is 30.2 Å². The first-order valence-electron chi connectivity index (χ1n) is 8.66. The molecule has 5 nitrogen and oxygen atoms in total. The molecule has 0 spiro atoms. The number of nitrogens with one attached hydrogen (secondary N) is 1. The second-order valence-corrected chi connectivity index (χ2v) is 6.51. The molecule has 3 N–H and O–H groups in total. The minimum Gasteiger partial charge on any atom is -0.398 e. The van der Waals surface area contributed by atoms with Crippen molar-refractivity contribution >= 4 is 11.6 Å². The number of amides is 1. The van der Waals surface area contributed by atoms with Crippen LogP contribution < -0.4 is 11.1 Å². The average Bonchev–Trinajstić information content (AvgIpc) is 2.60. The van der Waals surface area contributed by atoms with Crippen LogP contribution in [0.5, 0.6) is 0 Å². The molecule has 0 bridgehead atoms. The van der Waals surface area contributed by atoms with Gasteiger partial charge in [0.2, 0.25) is 0 Å². The number of hydrogen-bond acceptors (Lipinski definition) is 4. The number of rotatable bonds is 5. The quantitative estimate of drug-likeness (QED) is 0.821. The largest absolute Gasteiger partial charge is 0.398 e. The Labute approximate surface area is 148 Å². The molecule has 132 valence electrons. The van der Waals surface area contributed by atoms with Gasteiger partial charge in [-0.3, -0.25) is 9.69 Å². The number of carbonyl (C=O) groups excluding carboxylic acids is 1. The van der Waals surface area contributed by atoms with Gasteiger partial charge in [0.05, 0.1) is 18.3 Å². The molecule has 1 saturated heterocycles. The average molecular weight is 339 g/mol. The number of morpholine rings is 1. The van der Waals surface area contributed by atoms with Crippen LogP contribution in [-0.4, -0.2) is 36.6 Å². The minimum absolute atomic E-state index is 0.148. The van der Waals surface area contributed by atoms with Gasteiger partial charge in [0, 0.05) is 31.9 Å². The fourth-order valence-electron chi connectivity index (χ4n) is 3.11. The number of benzene rings is 2. The third-order valence-electron chi connectivity index (χ3n) is 4.38. The van der Waals surface area contributed by atoms with E-state index in [4.69, 9.17) is 10.5 Å². The molecule has 1 heterocycles. The maximum Gasteiger partial charge on any atom is 0.253 e. The monoisotopic (exact) mass is 339 g/mol. The molecule has 1 amide bonds. The number of carbonyl (C=O) groups is 1. The van der Waals surface area contributed by atoms with E-state index in [1.165, 1.54) is 5.56 Å². The zero-order valence-corrected chi connectivity index (χ0v) is 14.6. The van der Waals surface area contributed by atoms with Crippen LogP contribution in [0.1, 0.15) is 28.4 Å². The van der Waals surface area contributed by atoms with Crippen molar-refractivity contribution in [3.05, 3.63) is 65.2 Å². The molecule has 2 aromatic carbocycles. The lowest BCUT2D eigenvalue weighted by Crippen LogP contribution is -2.40. The molecule has 0 aromatic heterocycles. The highest BCUT2D eigenvalue weighted by molar-refractivity contribution is 5.98. The van der Waals surface area contributed by atoms with Crippen LogP contribution in [0.4, 0.5) is 5.69 Å². The number of anilines is 1. The van der Waals surface area contributed by atoms with E-state index >= 15 is 0 Å². The van der Waals surface area contributed by atoms with Crippen molar-refractivity contribution in [1.82, 2.24) is 10.2 Å². The fraction of sp³-hybridized carbons (Fsp3) is 0.350. The SMILES string of the molecule is CC1CN(Cc2cccc(CNC(=O)c3ccccc3N)c2)CCO1. The smallest absolute Gasteiger partial charge is 0.253 e. The summed E-state index contributed by atoms with van der Waals surface area (Å²) in [6.45, 7) is 6.19. The predicted molar refractivity (Wildman–Crippen MR) is 99.2 cm³/mol. The lowest BCUT2D eigenvalue weighted by molar-refractivity contribution is -0.0212. The fourth-order valence-corrected chi connectivity index (χ4v) is 3.11. The predicted octanol–water partition coefficient (Wildman–Crippen LogP) is 2.42. The number of nitrogen functional groups attached to an aromatic ring is 1. The maximum absolute atomic E-state index is 12.3. The van der Waals surface area contributed by atoms with E-state index in [9.17, 15) is 4.79 Å². The van der Waals surface area contributed by atoms with Crippen LogP contribution in [0.25, 0.3) is 0 Å². The van der Waals surface area contributed by atoms with E-state index in [-0.39, 0.29) is 12.0 Å². The lowest BCUT2D eigenvalue weighted by Gasteiger charge is -2.31. The van der Waals surface area contributed by atoms with Crippen molar-refractivity contribution in [3.8, 4) is 0 Å². The number of nitrogens with two attached hydrogens (primary N) is 1. The molecular formula is C20H25N3O2. The van der Waals surface area contributed by atoms with Crippen molar-refractivity contribution in [2.75, 3.05) is 25.4 Å². The molecule has 1 unspecified atom stereocenters. The van der Waals surface area contributed by atoms with E-state index < -0.39 is 0 Å². The van der Waals surface area contributed by atoms with Gasteiger partial charge in [-0.15, -0.1) is 0 Å². The molecule has 2 aromatic rings. The first-order chi connectivity index (χ1) is 12.1. The first-order valence-corrected chi connectivity index (χ1v) is 8.66. The Bertz CT molecular complexity index is 732. The van der Waals surface area contributed by atoms with E-state index in [1.807, 2.05) is 24.3 Å². The standard InChI is InChI=1S/C20H25N3O2/c1-15-13-23(9-10-25-15)14-17-6-4-5-16(11-17)12-22-20(24)18-7-2-3-8-19(18)21/h2-8,11,15H,9-10,12-14,21H2,1H3,(H,22,24). The topological polar surface area (TPSA) is 67.6 Å². The second-order valence-electron chi connectivity index (χ2n) is 6.51. The summed E-state index contributed by atoms with van der Waals surface area (Å²) in [6, 6.07) is 15.4. The van der Waals surface area contributed by atoms with Gasteiger partial charge in [-0.1, -0.05) is 36.4 Å². The molecule has 0 saturated carbocycles. The summed E-state index contributed by atoms with van der Waals surface area (Å²) in [7, 11) is 0. The van der Waals surface area contributed by atoms with Gasteiger partial charge in [-0.2, -0.15) is 0 Å². The summed E-state index contributed by atoms with van der Waals surface area (Å²) < 4.78 is 5.59. The Hall–Kier alpha value is -2.37. The number of hydrogen-bond donors (Lipinski definition) is 2. The highest BCUT2D eigenvalue weighted by atomic mass is 16.5. The molecule has 1 aliphatic heterocycles. The van der Waals surface area contributed by atoms with Crippen LogP contribution >= 0.6 is 0 Å². The molecule has 5 heteroatoms. The van der Waals surface area contributed by atoms with Gasteiger partial charge in [0.25, 0.3) is 5.91 Å². The Morgan fingerprint density at radius 3 is 2.84 bits per heavy atom. The normalized spacial score (nSPS) is 18.0. The lowest BCUT2D eigenvalue weighted by atomic mass is 10.1. The van der Waals surface area contributed by atoms with E-state index in [0.717, 1.165) is 31.8 Å². The molecule has 3 rings (SSSR count). The summed E-state index contributed by atoms with van der Waals surface area (Å²) in [5.41, 5.74) is 9.20. The molecule has 0 aliphatic carbocycles. The van der Waals surface area contributed by atoms with Gasteiger partial charge >= 0.3 is 0 Å². The first kappa shape index (κ1) is 17.5. The highest BCUT2D eigenvalue weighted by Crippen LogP contribution is 2.13. The molecule has 25 heavy (non-hydrogen) atoms. The zero-order chi connectivity index (χ0) is 17.6. The van der Waals surface area contributed by atoms with E-state index in [1.54, 1.807) is 12.1 Å². The van der Waals surface area contributed by atoms with Crippen LogP contribution in [0.15, 0.2) is 48.5 Å². The molecule has 0 radical (unpaired) electrons. The van der Waals surface area contributed by atoms with Crippen molar-refractivity contribution in [2.45, 2.75) is 26.1 Å². The Kier molecular flexibility index (Phi) is 5.68. The Morgan fingerprint density at radius 2 is 2.04 bits per heavy atom. The number of ether oxygens (including phenoxy) is 1. The van der Waals surface area contributed by atoms with Crippen molar-refractivity contribution in [3.63, 3.8) is 0 Å². The Balaban J connectivity index is 1.58. The summed E-state index contributed by atoms with van der Waals surface area (Å²) >= 11 is 0. The van der Waals surface area contributed by atoms with Gasteiger partial charge in [0.15, 0.2) is 0 Å². The van der Waals surface area contributed by atoms with E-state index in [0.29, 0.717) is 17.8 Å². The third-order valence-corrected chi connectivity index (χ3v) is 4.38. The van der Waals surface area contributed by atoms with Crippen LogP contribution in [0.3, 0.4) is 0 Å². The Morgan fingerprint density at radius 1 is 1.24 bits per heavy atom. The van der Waals surface area contributed by atoms with Crippen molar-refractivity contribution in [2.24, 2.45) is 0 Å². The van der Waals surface area contributed by atoms with Crippen LogP contribution in [-0.2, 0) is 17.8 Å². The number of nitrogens with zero attached hydrogens (tertiary/aromatic N) is 1. The number of para-hydroxylation sites is 1. The minimum atomic E-state index is -0.148. The van der Waals surface area contributed by atoms with Crippen LogP contribution in [0.2, 0.25) is 0 Å². The van der Waals surface area contributed by atoms with Crippen LogP contribution in [0, 0.1) is 0 Å². The summed E-state index contributed by atoms with van der Waals surface area (Å²) in [4.78, 5) is 14.7. The summed E-state index contributed by atoms with van der Waals surface area (Å²) in [5.74, 6) is -0.148. The summed E-state index contributed by atoms with van der Waals surface area (Å²) in [6.07, 6.45) is 0.285. The second kappa shape index (κ2) is 8.14. The van der Waals surface area contributed by atoms with Gasteiger partial charge in [-0.25, -0.2) is 0 Å². The van der Waals surface area contributed by atoms with Crippen molar-refractivity contribution in [1.29, 1.82) is 0 Å². The van der Waals surface area contributed by atoms with Gasteiger partial charge < -0.3 is 15.8 Å².